The molecule has 7 nitrogen and oxygen atoms in total. The second kappa shape index (κ2) is 6.87. The van der Waals surface area contributed by atoms with Crippen molar-refractivity contribution in [1.82, 2.24) is 9.97 Å². The van der Waals surface area contributed by atoms with Gasteiger partial charge in [-0.25, -0.2) is 13.4 Å². The van der Waals surface area contributed by atoms with Gasteiger partial charge in [-0.2, -0.15) is 4.98 Å². The molecule has 1 aromatic carbocycles. The molecule has 1 aromatic heterocycles. The van der Waals surface area contributed by atoms with E-state index in [4.69, 9.17) is 4.74 Å². The van der Waals surface area contributed by atoms with Crippen molar-refractivity contribution >= 4 is 27.3 Å². The second-order valence-electron chi connectivity index (χ2n) is 6.24. The van der Waals surface area contributed by atoms with Gasteiger partial charge in [0.05, 0.1) is 24.3 Å². The van der Waals surface area contributed by atoms with Crippen LogP contribution in [0, 0.1) is 6.92 Å². The summed E-state index contributed by atoms with van der Waals surface area (Å²) < 4.78 is 28.8. The zero-order chi connectivity index (χ0) is 18.0. The molecular weight excluding hydrogens is 340 g/mol. The number of hydrogen-bond donors (Lipinski definition) is 1. The van der Waals surface area contributed by atoms with Gasteiger partial charge in [0.2, 0.25) is 5.95 Å². The summed E-state index contributed by atoms with van der Waals surface area (Å²) >= 11 is 0. The van der Waals surface area contributed by atoms with Crippen molar-refractivity contribution in [2.45, 2.75) is 19.4 Å². The molecule has 1 fully saturated rings. The number of hydrogen-bond acceptors (Lipinski definition) is 7. The minimum absolute atomic E-state index is 0.0891. The molecule has 25 heavy (non-hydrogen) atoms. The first-order valence-corrected chi connectivity index (χ1v) is 9.88. The van der Waals surface area contributed by atoms with Crippen molar-refractivity contribution in [3.63, 3.8) is 0 Å². The summed E-state index contributed by atoms with van der Waals surface area (Å²) in [4.78, 5) is 10.6. The first kappa shape index (κ1) is 17.5. The maximum absolute atomic E-state index is 11.7. The molecule has 0 aliphatic carbocycles. The van der Waals surface area contributed by atoms with Crippen molar-refractivity contribution < 1.29 is 13.2 Å². The summed E-state index contributed by atoms with van der Waals surface area (Å²) in [5.74, 6) is 2.22. The summed E-state index contributed by atoms with van der Waals surface area (Å²) in [7, 11) is 0.502. The van der Waals surface area contributed by atoms with Crippen LogP contribution in [0.4, 0.5) is 17.5 Å². The number of aromatic nitrogens is 2. The van der Waals surface area contributed by atoms with Crippen LogP contribution in [0.2, 0.25) is 0 Å². The first-order chi connectivity index (χ1) is 11.9. The van der Waals surface area contributed by atoms with E-state index >= 15 is 0 Å². The van der Waals surface area contributed by atoms with E-state index in [0.29, 0.717) is 18.2 Å². The predicted molar refractivity (Wildman–Crippen MR) is 98.5 cm³/mol. The maximum atomic E-state index is 11.7. The van der Waals surface area contributed by atoms with Crippen LogP contribution in [0.15, 0.2) is 30.5 Å². The molecule has 1 aliphatic heterocycles. The number of nitrogens with one attached hydrogen (secondary N) is 1. The molecule has 2 heterocycles. The molecule has 0 amide bonds. The molecule has 134 valence electrons. The van der Waals surface area contributed by atoms with Gasteiger partial charge in [-0.3, -0.25) is 0 Å². The number of rotatable bonds is 5. The molecule has 1 atom stereocenters. The van der Waals surface area contributed by atoms with Gasteiger partial charge in [0.25, 0.3) is 0 Å². The lowest BCUT2D eigenvalue weighted by molar-refractivity contribution is 0.416. The summed E-state index contributed by atoms with van der Waals surface area (Å²) in [6.07, 6.45) is 2.26. The highest BCUT2D eigenvalue weighted by molar-refractivity contribution is 7.91. The molecule has 8 heteroatoms. The predicted octanol–water partition coefficient (Wildman–Crippen LogP) is 2.16. The molecule has 0 spiro atoms. The Hall–Kier alpha value is -2.35. The Morgan fingerprint density at radius 2 is 2.12 bits per heavy atom. The number of sulfone groups is 1. The van der Waals surface area contributed by atoms with E-state index in [1.807, 2.05) is 37.1 Å². The lowest BCUT2D eigenvalue weighted by Crippen LogP contribution is -2.33. The Balaban J connectivity index is 1.81. The van der Waals surface area contributed by atoms with Crippen LogP contribution in [0.25, 0.3) is 0 Å². The third-order valence-corrected chi connectivity index (χ3v) is 6.08. The van der Waals surface area contributed by atoms with E-state index in [1.165, 1.54) is 0 Å². The van der Waals surface area contributed by atoms with Gasteiger partial charge < -0.3 is 15.0 Å². The Bertz CT molecular complexity index is 870. The van der Waals surface area contributed by atoms with Gasteiger partial charge in [-0.05, 0) is 37.1 Å². The number of benzene rings is 1. The van der Waals surface area contributed by atoms with Crippen LogP contribution in [0.3, 0.4) is 0 Å². The van der Waals surface area contributed by atoms with Crippen molar-refractivity contribution in [2.24, 2.45) is 0 Å². The fraction of sp³-hybridized carbons (Fsp3) is 0.412. The largest absolute Gasteiger partial charge is 0.495 e. The number of anilines is 3. The highest BCUT2D eigenvalue weighted by atomic mass is 32.2. The van der Waals surface area contributed by atoms with Gasteiger partial charge in [0.15, 0.2) is 9.84 Å². The Morgan fingerprint density at radius 3 is 2.80 bits per heavy atom. The summed E-state index contributed by atoms with van der Waals surface area (Å²) in [5.41, 5.74) is 1.92. The molecular formula is C17H22N4O3S. The first-order valence-electron chi connectivity index (χ1n) is 8.06. The molecule has 0 saturated carbocycles. The summed E-state index contributed by atoms with van der Waals surface area (Å²) in [6.45, 7) is 2.00. The third kappa shape index (κ3) is 4.01. The minimum atomic E-state index is -2.95. The van der Waals surface area contributed by atoms with Crippen molar-refractivity contribution in [3.8, 4) is 5.75 Å². The highest BCUT2D eigenvalue weighted by Gasteiger charge is 2.31. The average Bonchev–Trinajstić information content (AvgIpc) is 2.95. The van der Waals surface area contributed by atoms with Crippen LogP contribution in [-0.4, -0.2) is 50.1 Å². The van der Waals surface area contributed by atoms with E-state index in [-0.39, 0.29) is 17.5 Å². The van der Waals surface area contributed by atoms with Crippen LogP contribution in [0.5, 0.6) is 5.75 Å². The molecule has 1 saturated heterocycles. The maximum Gasteiger partial charge on any atom is 0.227 e. The fourth-order valence-electron chi connectivity index (χ4n) is 2.89. The monoisotopic (exact) mass is 362 g/mol. The summed E-state index contributed by atoms with van der Waals surface area (Å²) in [6, 6.07) is 7.53. The van der Waals surface area contributed by atoms with Crippen LogP contribution in [0.1, 0.15) is 12.0 Å². The molecule has 0 radical (unpaired) electrons. The van der Waals surface area contributed by atoms with E-state index in [1.54, 1.807) is 19.4 Å². The van der Waals surface area contributed by atoms with Crippen molar-refractivity contribution in [1.29, 1.82) is 0 Å². The van der Waals surface area contributed by atoms with Crippen molar-refractivity contribution in [2.75, 3.05) is 35.9 Å². The molecule has 1 unspecified atom stereocenters. The zero-order valence-electron chi connectivity index (χ0n) is 14.6. The normalized spacial score (nSPS) is 18.8. The highest BCUT2D eigenvalue weighted by Crippen LogP contribution is 2.28. The standard InChI is InChI=1S/C17H22N4O3S/c1-12-4-5-15(24-3)14(10-12)19-16-6-8-18-17(20-16)21(2)13-7-9-25(22,23)11-13/h4-6,8,10,13H,7,9,11H2,1-3H3,(H,18,19,20). The number of methoxy groups -OCH3 is 1. The lowest BCUT2D eigenvalue weighted by Gasteiger charge is -2.23. The Kier molecular flexibility index (Phi) is 4.80. The Labute approximate surface area is 148 Å². The molecule has 2 aromatic rings. The number of aryl methyl sites for hydroxylation is 1. The number of nitrogens with zero attached hydrogens (tertiary/aromatic N) is 3. The average molecular weight is 362 g/mol. The quantitative estimate of drug-likeness (QED) is 0.872. The molecule has 3 rings (SSSR count). The van der Waals surface area contributed by atoms with Crippen LogP contribution >= 0.6 is 0 Å². The van der Waals surface area contributed by atoms with Gasteiger partial charge in [-0.1, -0.05) is 6.07 Å². The minimum Gasteiger partial charge on any atom is -0.495 e. The zero-order valence-corrected chi connectivity index (χ0v) is 15.4. The fourth-order valence-corrected chi connectivity index (χ4v) is 4.66. The number of ether oxygens (including phenoxy) is 1. The van der Waals surface area contributed by atoms with E-state index in [9.17, 15) is 8.42 Å². The molecule has 0 bridgehead atoms. The molecule has 1 aliphatic rings. The topological polar surface area (TPSA) is 84.4 Å². The second-order valence-corrected chi connectivity index (χ2v) is 8.47. The van der Waals surface area contributed by atoms with Gasteiger partial charge in [-0.15, -0.1) is 0 Å². The Morgan fingerprint density at radius 1 is 1.32 bits per heavy atom. The van der Waals surface area contributed by atoms with E-state index in [2.05, 4.69) is 15.3 Å². The van der Waals surface area contributed by atoms with E-state index in [0.717, 1.165) is 17.0 Å². The lowest BCUT2D eigenvalue weighted by atomic mass is 10.2. The van der Waals surface area contributed by atoms with Crippen LogP contribution in [-0.2, 0) is 9.84 Å². The van der Waals surface area contributed by atoms with Crippen LogP contribution < -0.4 is 15.0 Å². The summed E-state index contributed by atoms with van der Waals surface area (Å²) in [5, 5.41) is 3.25. The molecule has 1 N–H and O–H groups in total. The van der Waals surface area contributed by atoms with Gasteiger partial charge in [0.1, 0.15) is 11.6 Å². The SMILES string of the molecule is COc1ccc(C)cc1Nc1ccnc(N(C)C2CCS(=O)(=O)C2)n1. The smallest absolute Gasteiger partial charge is 0.227 e. The third-order valence-electron chi connectivity index (χ3n) is 4.33. The van der Waals surface area contributed by atoms with Gasteiger partial charge in [0, 0.05) is 19.3 Å². The van der Waals surface area contributed by atoms with Gasteiger partial charge >= 0.3 is 0 Å². The van der Waals surface area contributed by atoms with Crippen molar-refractivity contribution in [3.05, 3.63) is 36.0 Å². The van der Waals surface area contributed by atoms with E-state index < -0.39 is 9.84 Å².